The van der Waals surface area contributed by atoms with Crippen LogP contribution in [0.4, 0.5) is 11.8 Å². The van der Waals surface area contributed by atoms with Crippen molar-refractivity contribution < 1.29 is 0 Å². The van der Waals surface area contributed by atoms with Crippen molar-refractivity contribution >= 4 is 27.7 Å². The van der Waals surface area contributed by atoms with Crippen LogP contribution in [0.25, 0.3) is 0 Å². The Morgan fingerprint density at radius 1 is 1.44 bits per heavy atom. The van der Waals surface area contributed by atoms with E-state index in [0.29, 0.717) is 11.4 Å². The molecule has 4 nitrogen and oxygen atoms in total. The first-order valence-corrected chi connectivity index (χ1v) is 7.32. The lowest BCUT2D eigenvalue weighted by molar-refractivity contribution is 0.237. The second kappa shape index (κ2) is 5.43. The predicted octanol–water partition coefficient (Wildman–Crippen LogP) is 3.30. The molecule has 0 unspecified atom stereocenters. The van der Waals surface area contributed by atoms with Gasteiger partial charge in [0.05, 0.1) is 4.47 Å². The monoisotopic (exact) mass is 312 g/mol. The SMILES string of the molecule is CCC1(C)CCN(c2nc(NC)ncc2Br)CC1. The summed E-state index contributed by atoms with van der Waals surface area (Å²) in [5.41, 5.74) is 0.502. The first-order chi connectivity index (χ1) is 8.58. The van der Waals surface area contributed by atoms with Crippen LogP contribution in [-0.4, -0.2) is 30.1 Å². The van der Waals surface area contributed by atoms with E-state index < -0.39 is 0 Å². The number of nitrogens with zero attached hydrogens (tertiary/aromatic N) is 3. The molecule has 1 aromatic rings. The normalized spacial score (nSPS) is 18.8. The molecule has 1 aliphatic heterocycles. The van der Waals surface area contributed by atoms with E-state index in [2.05, 4.69) is 50.0 Å². The number of piperidine rings is 1. The highest BCUT2D eigenvalue weighted by Crippen LogP contribution is 2.36. The quantitative estimate of drug-likeness (QED) is 0.929. The van der Waals surface area contributed by atoms with Gasteiger partial charge in [-0.15, -0.1) is 0 Å². The third kappa shape index (κ3) is 2.76. The summed E-state index contributed by atoms with van der Waals surface area (Å²) in [6, 6.07) is 0. The van der Waals surface area contributed by atoms with E-state index in [0.717, 1.165) is 23.4 Å². The van der Waals surface area contributed by atoms with Crippen molar-refractivity contribution in [2.75, 3.05) is 30.4 Å². The van der Waals surface area contributed by atoms with Gasteiger partial charge >= 0.3 is 0 Å². The molecule has 0 spiro atoms. The van der Waals surface area contributed by atoms with Crippen LogP contribution < -0.4 is 10.2 Å². The molecule has 0 aromatic carbocycles. The summed E-state index contributed by atoms with van der Waals surface area (Å²) < 4.78 is 0.974. The molecule has 1 saturated heterocycles. The molecule has 0 radical (unpaired) electrons. The van der Waals surface area contributed by atoms with E-state index in [4.69, 9.17) is 0 Å². The summed E-state index contributed by atoms with van der Waals surface area (Å²) in [5.74, 6) is 1.68. The van der Waals surface area contributed by atoms with Gasteiger partial charge in [0, 0.05) is 26.3 Å². The number of hydrogen-bond donors (Lipinski definition) is 1. The Labute approximate surface area is 117 Å². The number of rotatable bonds is 3. The molecule has 1 fully saturated rings. The van der Waals surface area contributed by atoms with Crippen LogP contribution in [0.3, 0.4) is 0 Å². The molecule has 18 heavy (non-hydrogen) atoms. The van der Waals surface area contributed by atoms with Gasteiger partial charge < -0.3 is 10.2 Å². The second-order valence-corrected chi connectivity index (χ2v) is 6.12. The van der Waals surface area contributed by atoms with Crippen LogP contribution in [0.1, 0.15) is 33.1 Å². The Bertz CT molecular complexity index is 413. The lowest BCUT2D eigenvalue weighted by Gasteiger charge is -2.39. The van der Waals surface area contributed by atoms with Gasteiger partial charge in [0.15, 0.2) is 0 Å². The van der Waals surface area contributed by atoms with Crippen molar-refractivity contribution in [1.29, 1.82) is 0 Å². The molecule has 1 N–H and O–H groups in total. The molecule has 1 aliphatic rings. The summed E-state index contributed by atoms with van der Waals surface area (Å²) in [6.07, 6.45) is 5.54. The highest BCUT2D eigenvalue weighted by molar-refractivity contribution is 9.10. The lowest BCUT2D eigenvalue weighted by Crippen LogP contribution is -2.39. The molecule has 2 heterocycles. The van der Waals surface area contributed by atoms with E-state index in [-0.39, 0.29) is 0 Å². The summed E-state index contributed by atoms with van der Waals surface area (Å²) in [4.78, 5) is 11.1. The zero-order chi connectivity index (χ0) is 13.2. The van der Waals surface area contributed by atoms with Gasteiger partial charge in [-0.05, 0) is 34.2 Å². The Hall–Kier alpha value is -0.840. The molecule has 0 saturated carbocycles. The minimum absolute atomic E-state index is 0.502. The molecule has 0 atom stereocenters. The molecule has 100 valence electrons. The fourth-order valence-electron chi connectivity index (χ4n) is 2.31. The maximum absolute atomic E-state index is 4.54. The Morgan fingerprint density at radius 3 is 2.67 bits per heavy atom. The zero-order valence-electron chi connectivity index (χ0n) is 11.3. The largest absolute Gasteiger partial charge is 0.357 e. The van der Waals surface area contributed by atoms with Crippen molar-refractivity contribution in [3.05, 3.63) is 10.7 Å². The topological polar surface area (TPSA) is 41.1 Å². The van der Waals surface area contributed by atoms with Crippen LogP contribution in [0.5, 0.6) is 0 Å². The fraction of sp³-hybridized carbons (Fsp3) is 0.692. The summed E-state index contributed by atoms with van der Waals surface area (Å²) in [7, 11) is 1.84. The van der Waals surface area contributed by atoms with Crippen LogP contribution >= 0.6 is 15.9 Å². The Balaban J connectivity index is 2.14. The molecule has 5 heteroatoms. The van der Waals surface area contributed by atoms with Crippen molar-refractivity contribution in [2.45, 2.75) is 33.1 Å². The van der Waals surface area contributed by atoms with E-state index in [1.54, 1.807) is 0 Å². The van der Waals surface area contributed by atoms with Crippen molar-refractivity contribution in [3.63, 3.8) is 0 Å². The van der Waals surface area contributed by atoms with E-state index in [1.807, 2.05) is 13.2 Å². The molecular weight excluding hydrogens is 292 g/mol. The zero-order valence-corrected chi connectivity index (χ0v) is 12.9. The van der Waals surface area contributed by atoms with Gasteiger partial charge in [0.25, 0.3) is 0 Å². The van der Waals surface area contributed by atoms with Gasteiger partial charge in [-0.25, -0.2) is 4.98 Å². The fourth-order valence-corrected chi connectivity index (χ4v) is 2.75. The summed E-state index contributed by atoms with van der Waals surface area (Å²) >= 11 is 3.55. The average Bonchev–Trinajstić information content (AvgIpc) is 2.41. The van der Waals surface area contributed by atoms with Gasteiger partial charge in [-0.1, -0.05) is 20.3 Å². The van der Waals surface area contributed by atoms with E-state index >= 15 is 0 Å². The molecule has 0 aliphatic carbocycles. The standard InChI is InChI=1S/C13H21BrN4/c1-4-13(2)5-7-18(8-6-13)11-10(14)9-16-12(15-3)17-11/h9H,4-8H2,1-3H3,(H,15,16,17). The van der Waals surface area contributed by atoms with Crippen LogP contribution in [0.15, 0.2) is 10.7 Å². The van der Waals surface area contributed by atoms with Gasteiger partial charge in [-0.3, -0.25) is 0 Å². The van der Waals surface area contributed by atoms with Crippen molar-refractivity contribution in [3.8, 4) is 0 Å². The minimum Gasteiger partial charge on any atom is -0.357 e. The van der Waals surface area contributed by atoms with Crippen LogP contribution in [-0.2, 0) is 0 Å². The molecular formula is C13H21BrN4. The van der Waals surface area contributed by atoms with Gasteiger partial charge in [-0.2, -0.15) is 4.98 Å². The third-order valence-electron chi connectivity index (χ3n) is 4.07. The predicted molar refractivity (Wildman–Crippen MR) is 79.1 cm³/mol. The Morgan fingerprint density at radius 2 is 2.11 bits per heavy atom. The van der Waals surface area contributed by atoms with Crippen molar-refractivity contribution in [1.82, 2.24) is 9.97 Å². The number of hydrogen-bond acceptors (Lipinski definition) is 4. The Kier molecular flexibility index (Phi) is 4.10. The summed E-state index contributed by atoms with van der Waals surface area (Å²) in [6.45, 7) is 6.82. The van der Waals surface area contributed by atoms with Crippen LogP contribution in [0, 0.1) is 5.41 Å². The summed E-state index contributed by atoms with van der Waals surface area (Å²) in [5, 5.41) is 2.99. The third-order valence-corrected chi connectivity index (χ3v) is 4.63. The van der Waals surface area contributed by atoms with Gasteiger partial charge in [0.2, 0.25) is 5.95 Å². The second-order valence-electron chi connectivity index (χ2n) is 5.27. The maximum Gasteiger partial charge on any atom is 0.224 e. The number of nitrogens with one attached hydrogen (secondary N) is 1. The highest BCUT2D eigenvalue weighted by atomic mass is 79.9. The molecule has 1 aromatic heterocycles. The first-order valence-electron chi connectivity index (χ1n) is 6.53. The first kappa shape index (κ1) is 13.6. The molecule has 0 bridgehead atoms. The van der Waals surface area contributed by atoms with Crippen LogP contribution in [0.2, 0.25) is 0 Å². The number of anilines is 2. The van der Waals surface area contributed by atoms with Gasteiger partial charge in [0.1, 0.15) is 5.82 Å². The maximum atomic E-state index is 4.54. The highest BCUT2D eigenvalue weighted by Gasteiger charge is 2.29. The average molecular weight is 313 g/mol. The lowest BCUT2D eigenvalue weighted by atomic mass is 9.78. The molecule has 2 rings (SSSR count). The van der Waals surface area contributed by atoms with Crippen molar-refractivity contribution in [2.24, 2.45) is 5.41 Å². The smallest absolute Gasteiger partial charge is 0.224 e. The molecule has 0 amide bonds. The minimum atomic E-state index is 0.502. The van der Waals surface area contributed by atoms with E-state index in [1.165, 1.54) is 19.3 Å². The van der Waals surface area contributed by atoms with E-state index in [9.17, 15) is 0 Å². The number of aromatic nitrogens is 2. The number of halogens is 1.